The third kappa shape index (κ3) is 3.96. The van der Waals surface area contributed by atoms with Gasteiger partial charge in [0.1, 0.15) is 0 Å². The summed E-state index contributed by atoms with van der Waals surface area (Å²) in [6.45, 7) is 7.18. The minimum atomic E-state index is 0.138. The highest BCUT2D eigenvalue weighted by molar-refractivity contribution is 7.16. The van der Waals surface area contributed by atoms with E-state index in [2.05, 4.69) is 33.0 Å². The molecule has 1 saturated heterocycles. The first-order valence-corrected chi connectivity index (χ1v) is 10.3. The number of hydrogen-bond donors (Lipinski definition) is 0. The van der Waals surface area contributed by atoms with Crippen LogP contribution in [0.3, 0.4) is 0 Å². The molecule has 1 unspecified atom stereocenters. The number of rotatable bonds is 5. The number of piperazine rings is 1. The Kier molecular flexibility index (Phi) is 5.19. The molecule has 4 heterocycles. The van der Waals surface area contributed by atoms with E-state index in [9.17, 15) is 0 Å². The van der Waals surface area contributed by atoms with Gasteiger partial charge >= 0.3 is 0 Å². The summed E-state index contributed by atoms with van der Waals surface area (Å²) in [5.74, 6) is 1.31. The highest BCUT2D eigenvalue weighted by atomic mass is 35.5. The quantitative estimate of drug-likeness (QED) is 0.642. The smallest absolute Gasteiger partial charge is 0.257 e. The maximum absolute atomic E-state index is 6.02. The average Bonchev–Trinajstić information content (AvgIpc) is 3.36. The molecule has 3 aromatic rings. The Balaban J connectivity index is 1.34. The first kappa shape index (κ1) is 17.2. The largest absolute Gasteiger partial charge is 0.418 e. The summed E-state index contributed by atoms with van der Waals surface area (Å²) in [7, 11) is 0. The molecule has 5 nitrogen and oxygen atoms in total. The third-order valence-corrected chi connectivity index (χ3v) is 6.57. The van der Waals surface area contributed by atoms with Crippen molar-refractivity contribution in [2.75, 3.05) is 26.2 Å². The minimum absolute atomic E-state index is 0.138. The van der Waals surface area contributed by atoms with E-state index in [1.54, 1.807) is 22.7 Å². The van der Waals surface area contributed by atoms with E-state index in [0.29, 0.717) is 11.8 Å². The van der Waals surface area contributed by atoms with Crippen LogP contribution in [0, 0.1) is 0 Å². The second-order valence-electron chi connectivity index (χ2n) is 6.12. The lowest BCUT2D eigenvalue weighted by Crippen LogP contribution is -2.46. The number of thiophene rings is 2. The average molecular weight is 395 g/mol. The fourth-order valence-electron chi connectivity index (χ4n) is 3.03. The molecule has 1 atom stereocenters. The zero-order chi connectivity index (χ0) is 17.2. The Bertz CT molecular complexity index is 808. The van der Waals surface area contributed by atoms with Crippen molar-refractivity contribution in [1.82, 2.24) is 20.0 Å². The van der Waals surface area contributed by atoms with E-state index in [1.165, 1.54) is 4.88 Å². The molecule has 1 fully saturated rings. The fraction of sp³-hybridized carbons (Fsp3) is 0.412. The molecule has 0 N–H and O–H groups in total. The highest BCUT2D eigenvalue weighted by Crippen LogP contribution is 2.28. The van der Waals surface area contributed by atoms with Gasteiger partial charge in [-0.05, 0) is 30.5 Å². The lowest BCUT2D eigenvalue weighted by atomic mass is 10.2. The standard InChI is InChI=1S/C17H19ClN4OS2/c1-12(16-19-20-17(23-16)14-3-2-10-24-14)22-8-6-21(7-9-22)11-13-4-5-15(18)25-13/h2-5,10,12H,6-9,11H2,1H3. The predicted molar refractivity (Wildman–Crippen MR) is 102 cm³/mol. The Labute approximate surface area is 159 Å². The number of hydrogen-bond acceptors (Lipinski definition) is 7. The Morgan fingerprint density at radius 1 is 1.20 bits per heavy atom. The topological polar surface area (TPSA) is 45.4 Å². The number of aromatic nitrogens is 2. The van der Waals surface area contributed by atoms with Crippen molar-refractivity contribution in [2.24, 2.45) is 0 Å². The van der Waals surface area contributed by atoms with Crippen LogP contribution in [0.2, 0.25) is 4.34 Å². The van der Waals surface area contributed by atoms with Crippen molar-refractivity contribution in [3.63, 3.8) is 0 Å². The number of nitrogens with zero attached hydrogens (tertiary/aromatic N) is 4. The lowest BCUT2D eigenvalue weighted by Gasteiger charge is -2.36. The second-order valence-corrected chi connectivity index (χ2v) is 8.86. The summed E-state index contributed by atoms with van der Waals surface area (Å²) >= 11 is 9.30. The van der Waals surface area contributed by atoms with Gasteiger partial charge in [-0.3, -0.25) is 9.80 Å². The van der Waals surface area contributed by atoms with Crippen molar-refractivity contribution in [2.45, 2.75) is 19.5 Å². The molecular weight excluding hydrogens is 376 g/mol. The SMILES string of the molecule is CC(c1nnc(-c2cccs2)o1)N1CCN(Cc2ccc(Cl)s2)CC1. The van der Waals surface area contributed by atoms with Gasteiger partial charge in [-0.2, -0.15) is 0 Å². The maximum atomic E-state index is 6.02. The van der Waals surface area contributed by atoms with E-state index in [4.69, 9.17) is 16.0 Å². The molecule has 0 saturated carbocycles. The van der Waals surface area contributed by atoms with Gasteiger partial charge in [-0.15, -0.1) is 32.9 Å². The van der Waals surface area contributed by atoms with Gasteiger partial charge < -0.3 is 4.42 Å². The zero-order valence-electron chi connectivity index (χ0n) is 13.9. The molecule has 0 amide bonds. The molecule has 8 heteroatoms. The van der Waals surface area contributed by atoms with Crippen LogP contribution in [0.25, 0.3) is 10.8 Å². The van der Waals surface area contributed by atoms with E-state index in [0.717, 1.165) is 41.9 Å². The molecule has 132 valence electrons. The van der Waals surface area contributed by atoms with Crippen molar-refractivity contribution in [3.8, 4) is 10.8 Å². The van der Waals surface area contributed by atoms with Crippen LogP contribution in [0.5, 0.6) is 0 Å². The van der Waals surface area contributed by atoms with Crippen LogP contribution >= 0.6 is 34.3 Å². The molecule has 4 rings (SSSR count). The zero-order valence-corrected chi connectivity index (χ0v) is 16.3. The van der Waals surface area contributed by atoms with Gasteiger partial charge in [0.05, 0.1) is 15.3 Å². The fourth-order valence-corrected chi connectivity index (χ4v) is 4.80. The van der Waals surface area contributed by atoms with Gasteiger partial charge in [-0.25, -0.2) is 0 Å². The Morgan fingerprint density at radius 2 is 2.04 bits per heavy atom. The molecule has 0 radical (unpaired) electrons. The predicted octanol–water partition coefficient (Wildman–Crippen LogP) is 4.39. The van der Waals surface area contributed by atoms with Crippen molar-refractivity contribution in [3.05, 3.63) is 44.7 Å². The first-order valence-electron chi connectivity index (χ1n) is 8.27. The molecule has 3 aromatic heterocycles. The highest BCUT2D eigenvalue weighted by Gasteiger charge is 2.26. The Morgan fingerprint density at radius 3 is 2.72 bits per heavy atom. The summed E-state index contributed by atoms with van der Waals surface area (Å²) in [6.07, 6.45) is 0. The molecule has 0 spiro atoms. The molecule has 1 aliphatic rings. The first-order chi connectivity index (χ1) is 12.2. The summed E-state index contributed by atoms with van der Waals surface area (Å²) in [6, 6.07) is 8.22. The maximum Gasteiger partial charge on any atom is 0.257 e. The van der Waals surface area contributed by atoms with E-state index < -0.39 is 0 Å². The molecular formula is C17H19ClN4OS2. The van der Waals surface area contributed by atoms with Crippen molar-refractivity contribution in [1.29, 1.82) is 0 Å². The summed E-state index contributed by atoms with van der Waals surface area (Å²) in [5, 5.41) is 10.5. The molecule has 0 aliphatic carbocycles. The third-order valence-electron chi connectivity index (χ3n) is 4.49. The molecule has 25 heavy (non-hydrogen) atoms. The van der Waals surface area contributed by atoms with Gasteiger partial charge in [0, 0.05) is 37.6 Å². The van der Waals surface area contributed by atoms with Crippen LogP contribution in [0.15, 0.2) is 34.1 Å². The Hall–Kier alpha value is -1.25. The van der Waals surface area contributed by atoms with Gasteiger partial charge in [0.2, 0.25) is 5.89 Å². The van der Waals surface area contributed by atoms with Gasteiger partial charge in [-0.1, -0.05) is 17.7 Å². The van der Waals surface area contributed by atoms with Crippen LogP contribution in [0.4, 0.5) is 0 Å². The van der Waals surface area contributed by atoms with E-state index in [1.807, 2.05) is 23.6 Å². The lowest BCUT2D eigenvalue weighted by molar-refractivity contribution is 0.0882. The van der Waals surface area contributed by atoms with Crippen molar-refractivity contribution < 1.29 is 4.42 Å². The van der Waals surface area contributed by atoms with E-state index >= 15 is 0 Å². The summed E-state index contributed by atoms with van der Waals surface area (Å²) in [4.78, 5) is 7.22. The van der Waals surface area contributed by atoms with Crippen molar-refractivity contribution >= 4 is 34.3 Å². The van der Waals surface area contributed by atoms with Crippen LogP contribution in [-0.4, -0.2) is 46.2 Å². The molecule has 0 bridgehead atoms. The molecule has 0 aromatic carbocycles. The summed E-state index contributed by atoms with van der Waals surface area (Å²) < 4.78 is 6.75. The van der Waals surface area contributed by atoms with Crippen LogP contribution < -0.4 is 0 Å². The monoisotopic (exact) mass is 394 g/mol. The molecule has 1 aliphatic heterocycles. The minimum Gasteiger partial charge on any atom is -0.418 e. The number of halogens is 1. The van der Waals surface area contributed by atoms with Gasteiger partial charge in [0.25, 0.3) is 5.89 Å². The van der Waals surface area contributed by atoms with Gasteiger partial charge in [0.15, 0.2) is 0 Å². The summed E-state index contributed by atoms with van der Waals surface area (Å²) in [5.41, 5.74) is 0. The van der Waals surface area contributed by atoms with Crippen LogP contribution in [0.1, 0.15) is 23.7 Å². The second kappa shape index (κ2) is 7.55. The van der Waals surface area contributed by atoms with E-state index in [-0.39, 0.29) is 6.04 Å². The normalized spacial score (nSPS) is 17.8. The van der Waals surface area contributed by atoms with Crippen LogP contribution in [-0.2, 0) is 6.54 Å².